The molecule has 1 aliphatic rings. The predicted octanol–water partition coefficient (Wildman–Crippen LogP) is 26.3. The normalized spacial score (nSPS) is 10.9. The fourth-order valence-electron chi connectivity index (χ4n) is 14.9. The summed E-state index contributed by atoms with van der Waals surface area (Å²) in [7, 11) is 4.05. The van der Waals surface area contributed by atoms with Crippen molar-refractivity contribution in [2.24, 2.45) is 7.05 Å². The van der Waals surface area contributed by atoms with Crippen molar-refractivity contribution in [3.05, 3.63) is 491 Å². The van der Waals surface area contributed by atoms with Crippen LogP contribution in [0.1, 0.15) is 22.8 Å². The fourth-order valence-corrected chi connectivity index (χ4v) is 14.9. The molecule has 0 saturated carbocycles. The Bertz CT molecular complexity index is 6550. The Balaban J connectivity index is 0.000000123. The van der Waals surface area contributed by atoms with Crippen molar-refractivity contribution in [3.63, 3.8) is 0 Å². The molecule has 0 unspecified atom stereocenters. The summed E-state index contributed by atoms with van der Waals surface area (Å²) in [5, 5.41) is 18.2. The summed E-state index contributed by atoms with van der Waals surface area (Å²) in [6.07, 6.45) is 11.6. The van der Waals surface area contributed by atoms with E-state index in [2.05, 4.69) is 332 Å². The molecule has 0 bridgehead atoms. The maximum absolute atomic E-state index is 4.72. The molecule has 21 rings (SSSR count). The average Bonchev–Trinajstić information content (AvgIpc) is 1.65. The second kappa shape index (κ2) is 42.8. The minimum Gasteiger partial charge on any atom is -0.504 e. The molecule has 1 radical (unpaired) electrons. The van der Waals surface area contributed by atoms with E-state index in [0.29, 0.717) is 0 Å². The van der Waals surface area contributed by atoms with E-state index in [1.165, 1.54) is 78.1 Å². The molecule has 6 heterocycles. The molecule has 1 aliphatic heterocycles. The van der Waals surface area contributed by atoms with Gasteiger partial charge in [0.05, 0.1) is 29.6 Å². The topological polar surface area (TPSA) is 95.6 Å². The number of anilines is 3. The van der Waals surface area contributed by atoms with E-state index < -0.39 is 0 Å². The van der Waals surface area contributed by atoms with Crippen molar-refractivity contribution >= 4 is 17.1 Å². The third kappa shape index (κ3) is 21.5. The summed E-state index contributed by atoms with van der Waals surface area (Å²) in [6.45, 7) is 10.4. The largest absolute Gasteiger partial charge is 3.00 e. The maximum Gasteiger partial charge on any atom is 3.00 e. The van der Waals surface area contributed by atoms with Crippen molar-refractivity contribution in [3.8, 4) is 123 Å². The van der Waals surface area contributed by atoms with Crippen LogP contribution in [0.3, 0.4) is 0 Å². The molecule has 619 valence electrons. The molecule has 0 N–H and O–H groups in total. The van der Waals surface area contributed by atoms with E-state index in [0.717, 1.165) is 84.9 Å². The number of para-hydroxylation sites is 7. The minimum absolute atomic E-state index is 0. The third-order valence-corrected chi connectivity index (χ3v) is 21.2. The Labute approximate surface area is 766 Å². The van der Waals surface area contributed by atoms with Crippen molar-refractivity contribution in [2.45, 2.75) is 27.7 Å². The molecule has 0 amide bonds. The van der Waals surface area contributed by atoms with Crippen molar-refractivity contribution in [2.75, 3.05) is 16.8 Å². The molecule has 12 nitrogen and oxygen atoms in total. The number of imidazole rings is 1. The van der Waals surface area contributed by atoms with Crippen LogP contribution in [-0.4, -0.2) is 55.7 Å². The first-order valence-corrected chi connectivity index (χ1v) is 41.1. The number of rotatable bonds is 14. The number of fused-ring (bicyclic) bond motifs is 1. The van der Waals surface area contributed by atoms with Crippen LogP contribution in [0, 0.1) is 70.8 Å². The first-order valence-electron chi connectivity index (χ1n) is 41.1. The summed E-state index contributed by atoms with van der Waals surface area (Å²) >= 11 is 0. The standard InChI is InChI=1S/C23H19N2.2C21H15N2.C17H15N2.C16H13N2.C14H12N2.2Ir/c1-17-23(18(2)25(24-17)22-11-7-4-8-12-22)21-15-13-20(14-16-21)19-9-5-3-6-10-19;2*1-3-7-17(8-4-1)18-11-13-19(14-12-18)20-15-22-23(16-20)21-9-5-2-6-10-21;1-13-17(15-9-5-3-6-10-15)14(2)19(18-13)16-11-7-4-8-12-16;1-18-11-10-17-16(18)15-9-5-8-14(12-15)13-6-3-2-4-7-13;1-15-11-16(12-7-3-2-4-8-12)14-10-6-5-9-13(14)15;;/h3-11,13-16H,1-2H3;2*1-9,11-16H;3-11H,1-2H3;2-8,10-12H,1H3;2-7,9-11H,1H3;;/q5*-1;-2;;+3. The molecule has 15 aromatic carbocycles. The summed E-state index contributed by atoms with van der Waals surface area (Å²) in [5.41, 5.74) is 31.8. The van der Waals surface area contributed by atoms with Crippen LogP contribution in [0.25, 0.3) is 123 Å². The van der Waals surface area contributed by atoms with E-state index in [1.54, 1.807) is 6.20 Å². The van der Waals surface area contributed by atoms with Crippen molar-refractivity contribution in [1.82, 2.24) is 48.7 Å². The van der Waals surface area contributed by atoms with Crippen LogP contribution in [0.15, 0.2) is 425 Å². The molecular weight excluding hydrogens is 1900 g/mol. The molecule has 0 aliphatic carbocycles. The number of hydrogen-bond acceptors (Lipinski definition) is 7. The molecule has 0 atom stereocenters. The van der Waals surface area contributed by atoms with Gasteiger partial charge in [0.1, 0.15) is 0 Å². The average molecular weight is 1990 g/mol. The molecule has 0 fully saturated rings. The summed E-state index contributed by atoms with van der Waals surface area (Å²) < 4.78 is 9.62. The van der Waals surface area contributed by atoms with E-state index in [1.807, 2.05) is 225 Å². The van der Waals surface area contributed by atoms with Gasteiger partial charge < -0.3 is 14.4 Å². The van der Waals surface area contributed by atoms with E-state index >= 15 is 0 Å². The maximum atomic E-state index is 4.72. The number of benzene rings is 15. The van der Waals surface area contributed by atoms with Gasteiger partial charge in [0.2, 0.25) is 0 Å². The predicted molar refractivity (Wildman–Crippen MR) is 506 cm³/mol. The van der Waals surface area contributed by atoms with Crippen LogP contribution in [0.4, 0.5) is 17.1 Å². The van der Waals surface area contributed by atoms with E-state index in [4.69, 9.17) is 5.10 Å². The third-order valence-electron chi connectivity index (χ3n) is 21.2. The second-order valence-electron chi connectivity index (χ2n) is 29.5. The smallest absolute Gasteiger partial charge is 0.504 e. The van der Waals surface area contributed by atoms with E-state index in [-0.39, 0.29) is 40.2 Å². The van der Waals surface area contributed by atoms with Gasteiger partial charge in [-0.25, -0.2) is 0 Å². The number of aryl methyl sites for hydroxylation is 3. The zero-order chi connectivity index (χ0) is 84.8. The zero-order valence-electron chi connectivity index (χ0n) is 70.5. The van der Waals surface area contributed by atoms with Gasteiger partial charge in [0.15, 0.2) is 0 Å². The van der Waals surface area contributed by atoms with Gasteiger partial charge in [0, 0.05) is 97.0 Å². The van der Waals surface area contributed by atoms with Crippen LogP contribution in [0.2, 0.25) is 0 Å². The molecule has 20 aromatic rings. The molecule has 14 heteroatoms. The Hall–Kier alpha value is -14.8. The molecular formula is C112H89Ir2N12-4. The van der Waals surface area contributed by atoms with Gasteiger partial charge in [-0.15, -0.1) is 65.3 Å². The summed E-state index contributed by atoms with van der Waals surface area (Å²) in [5.74, 6) is 0.938. The Kier molecular flexibility index (Phi) is 29.8. The van der Waals surface area contributed by atoms with Crippen LogP contribution in [-0.2, 0) is 47.3 Å². The Morgan fingerprint density at radius 3 is 0.984 bits per heavy atom. The first-order chi connectivity index (χ1) is 61.0. The Morgan fingerprint density at radius 1 is 0.294 bits per heavy atom. The van der Waals surface area contributed by atoms with Gasteiger partial charge in [0.25, 0.3) is 0 Å². The van der Waals surface area contributed by atoms with Gasteiger partial charge in [-0.2, -0.15) is 154 Å². The fraction of sp³-hybridized carbons (Fsp3) is 0.0536. The summed E-state index contributed by atoms with van der Waals surface area (Å²) in [4.78, 5) is 8.62. The molecule has 5 aromatic heterocycles. The van der Waals surface area contributed by atoms with Gasteiger partial charge in [-0.1, -0.05) is 237 Å². The summed E-state index contributed by atoms with van der Waals surface area (Å²) in [6, 6.07) is 151. The van der Waals surface area contributed by atoms with Crippen LogP contribution >= 0.6 is 0 Å². The molecule has 126 heavy (non-hydrogen) atoms. The number of hydrogen-bond donors (Lipinski definition) is 0. The zero-order valence-corrected chi connectivity index (χ0v) is 75.3. The van der Waals surface area contributed by atoms with Crippen LogP contribution < -0.4 is 9.80 Å². The first kappa shape index (κ1) is 87.6. The monoisotopic (exact) mass is 1990 g/mol. The second-order valence-corrected chi connectivity index (χ2v) is 29.5. The van der Waals surface area contributed by atoms with Gasteiger partial charge in [-0.3, -0.25) is 23.7 Å². The minimum atomic E-state index is 0. The van der Waals surface area contributed by atoms with E-state index in [9.17, 15) is 0 Å². The Morgan fingerprint density at radius 2 is 0.611 bits per heavy atom. The quantitative estimate of drug-likeness (QED) is 0.100. The van der Waals surface area contributed by atoms with Gasteiger partial charge >= 0.3 is 20.1 Å². The molecule has 0 spiro atoms. The number of aromatic nitrogens is 10. The SMILES string of the molecule is CN1[CH-]N(c2[c-]cccc2)c2ccccc21.Cc1nn(-c2[c-]cccc2)c(C)c1-c1ccc(-c2ccccc2)cc1.Cc1nn(-c2[c-]cccc2)c(C)c1-c1ccccc1.Cn1ccnc1-c1[c-]ccc(-c2ccccc2)c1.[Ir+3].[Ir].[c-]1ccccc1-n1cc(-c2ccc(-c3ccccc3)cc2)cn1.[c-]1ccccc1-n1cc(-c2ccc(-c3ccccc3)cc2)cn1. The van der Waals surface area contributed by atoms with Crippen LogP contribution in [0.5, 0.6) is 0 Å². The van der Waals surface area contributed by atoms with Crippen molar-refractivity contribution < 1.29 is 40.2 Å². The van der Waals surface area contributed by atoms with Gasteiger partial charge in [-0.05, 0) is 131 Å². The number of nitrogens with zero attached hydrogens (tertiary/aromatic N) is 12. The molecule has 0 saturated heterocycles. The van der Waals surface area contributed by atoms with Crippen molar-refractivity contribution in [1.29, 1.82) is 0 Å².